The summed E-state index contributed by atoms with van der Waals surface area (Å²) in [6.07, 6.45) is 0.896. The van der Waals surface area contributed by atoms with Crippen molar-refractivity contribution in [3.8, 4) is 0 Å². The van der Waals surface area contributed by atoms with E-state index in [0.29, 0.717) is 12.8 Å². The van der Waals surface area contributed by atoms with Crippen molar-refractivity contribution in [2.75, 3.05) is 18.1 Å². The Labute approximate surface area is 102 Å². The van der Waals surface area contributed by atoms with E-state index in [9.17, 15) is 18.3 Å². The Morgan fingerprint density at radius 3 is 2.29 bits per heavy atom. The summed E-state index contributed by atoms with van der Waals surface area (Å²) in [5.41, 5.74) is -1.54. The van der Waals surface area contributed by atoms with Crippen LogP contribution < -0.4 is 0 Å². The highest BCUT2D eigenvalue weighted by atomic mass is 32.2. The van der Waals surface area contributed by atoms with Gasteiger partial charge in [0, 0.05) is 5.92 Å². The summed E-state index contributed by atoms with van der Waals surface area (Å²) >= 11 is 0. The average molecular weight is 264 g/mol. The number of aliphatic hydroxyl groups is 1. The third-order valence-corrected chi connectivity index (χ3v) is 5.11. The maximum Gasteiger partial charge on any atom is 0.338 e. The Hall–Kier alpha value is -0.620. The van der Waals surface area contributed by atoms with Gasteiger partial charge < -0.3 is 9.84 Å². The van der Waals surface area contributed by atoms with Gasteiger partial charge in [-0.15, -0.1) is 0 Å². The number of hydrogen-bond acceptors (Lipinski definition) is 5. The highest BCUT2D eigenvalue weighted by molar-refractivity contribution is 7.91. The van der Waals surface area contributed by atoms with Gasteiger partial charge in [0.1, 0.15) is 9.84 Å². The summed E-state index contributed by atoms with van der Waals surface area (Å²) in [6.45, 7) is 3.60. The zero-order valence-corrected chi connectivity index (χ0v) is 11.1. The van der Waals surface area contributed by atoms with Crippen molar-refractivity contribution < 1.29 is 23.1 Å². The van der Waals surface area contributed by atoms with E-state index in [1.165, 1.54) is 0 Å². The van der Waals surface area contributed by atoms with Crippen LogP contribution in [0.15, 0.2) is 0 Å². The minimum atomic E-state index is -2.99. The average Bonchev–Trinajstić information content (AvgIpc) is 2.28. The molecule has 0 aliphatic carbocycles. The Morgan fingerprint density at radius 1 is 1.35 bits per heavy atom. The van der Waals surface area contributed by atoms with E-state index in [0.717, 1.165) is 0 Å². The van der Waals surface area contributed by atoms with Crippen LogP contribution in [0.3, 0.4) is 0 Å². The lowest BCUT2D eigenvalue weighted by molar-refractivity contribution is -0.172. The van der Waals surface area contributed by atoms with Gasteiger partial charge in [0.2, 0.25) is 0 Å². The molecule has 0 spiro atoms. The molecule has 17 heavy (non-hydrogen) atoms. The molecule has 0 aromatic heterocycles. The standard InChI is InChI=1S/C11H20O5S/c1-3-11(13,10(12)16-4-2)9-5-7-17(14,15)8-6-9/h9,13H,3-8H2,1-2H3. The Kier molecular flexibility index (Phi) is 4.55. The first kappa shape index (κ1) is 14.4. The molecule has 1 aliphatic rings. The molecule has 0 aromatic rings. The smallest absolute Gasteiger partial charge is 0.338 e. The monoisotopic (exact) mass is 264 g/mol. The lowest BCUT2D eigenvalue weighted by Crippen LogP contribution is -2.49. The van der Waals surface area contributed by atoms with Crippen LogP contribution in [0, 0.1) is 5.92 Å². The highest BCUT2D eigenvalue weighted by Gasteiger charge is 2.45. The molecule has 0 radical (unpaired) electrons. The summed E-state index contributed by atoms with van der Waals surface area (Å²) in [5, 5.41) is 10.3. The predicted octanol–water partition coefficient (Wildman–Crippen LogP) is 0.515. The molecule has 0 saturated carbocycles. The Morgan fingerprint density at radius 2 is 1.88 bits per heavy atom. The Bertz CT molecular complexity index is 361. The molecule has 5 nitrogen and oxygen atoms in total. The summed E-state index contributed by atoms with van der Waals surface area (Å²) in [7, 11) is -2.99. The minimum absolute atomic E-state index is 0.0411. The van der Waals surface area contributed by atoms with Crippen molar-refractivity contribution in [1.29, 1.82) is 0 Å². The van der Waals surface area contributed by atoms with Crippen molar-refractivity contribution in [1.82, 2.24) is 0 Å². The molecule has 1 heterocycles. The predicted molar refractivity (Wildman–Crippen MR) is 63.3 cm³/mol. The van der Waals surface area contributed by atoms with Crippen LogP contribution in [0.5, 0.6) is 0 Å². The topological polar surface area (TPSA) is 80.7 Å². The van der Waals surface area contributed by atoms with E-state index in [-0.39, 0.29) is 30.5 Å². The molecule has 1 aliphatic heterocycles. The van der Waals surface area contributed by atoms with E-state index in [2.05, 4.69) is 0 Å². The summed E-state index contributed by atoms with van der Waals surface area (Å²) in [6, 6.07) is 0. The van der Waals surface area contributed by atoms with Crippen LogP contribution in [-0.4, -0.2) is 43.2 Å². The van der Waals surface area contributed by atoms with Crippen LogP contribution in [-0.2, 0) is 19.4 Å². The zero-order valence-electron chi connectivity index (χ0n) is 10.3. The van der Waals surface area contributed by atoms with E-state index >= 15 is 0 Å². The number of hydrogen-bond donors (Lipinski definition) is 1. The maximum atomic E-state index is 11.7. The van der Waals surface area contributed by atoms with Gasteiger partial charge in [-0.25, -0.2) is 13.2 Å². The fourth-order valence-electron chi connectivity index (χ4n) is 2.22. The number of esters is 1. The maximum absolute atomic E-state index is 11.7. The molecule has 6 heteroatoms. The number of carbonyl (C=O) groups is 1. The van der Waals surface area contributed by atoms with E-state index < -0.39 is 21.4 Å². The van der Waals surface area contributed by atoms with Gasteiger partial charge in [-0.1, -0.05) is 6.92 Å². The van der Waals surface area contributed by atoms with Gasteiger partial charge in [-0.3, -0.25) is 0 Å². The quantitative estimate of drug-likeness (QED) is 0.748. The molecule has 1 N–H and O–H groups in total. The fourth-order valence-corrected chi connectivity index (χ4v) is 3.71. The fraction of sp³-hybridized carbons (Fsp3) is 0.909. The molecule has 0 aromatic carbocycles. The number of ether oxygens (including phenoxy) is 1. The molecule has 1 saturated heterocycles. The first-order chi connectivity index (χ1) is 7.85. The largest absolute Gasteiger partial charge is 0.464 e. The number of carbonyl (C=O) groups excluding carboxylic acids is 1. The SMILES string of the molecule is CCOC(=O)C(O)(CC)C1CCS(=O)(=O)CC1. The first-order valence-corrected chi connectivity index (χ1v) is 7.78. The van der Waals surface area contributed by atoms with Gasteiger partial charge in [0.05, 0.1) is 18.1 Å². The second-order valence-corrected chi connectivity index (χ2v) is 6.73. The second kappa shape index (κ2) is 5.35. The van der Waals surface area contributed by atoms with Gasteiger partial charge in [0.25, 0.3) is 0 Å². The molecular weight excluding hydrogens is 244 g/mol. The molecule has 1 rings (SSSR count). The van der Waals surface area contributed by atoms with Crippen molar-refractivity contribution in [3.05, 3.63) is 0 Å². The zero-order chi connectivity index (χ0) is 13.1. The molecule has 100 valence electrons. The summed E-state index contributed by atoms with van der Waals surface area (Å²) < 4.78 is 27.5. The van der Waals surface area contributed by atoms with E-state index in [4.69, 9.17) is 4.74 Å². The van der Waals surface area contributed by atoms with E-state index in [1.54, 1.807) is 13.8 Å². The van der Waals surface area contributed by atoms with Gasteiger partial charge in [0.15, 0.2) is 5.60 Å². The first-order valence-electron chi connectivity index (χ1n) is 5.95. The van der Waals surface area contributed by atoms with Crippen molar-refractivity contribution in [2.24, 2.45) is 5.92 Å². The lowest BCUT2D eigenvalue weighted by atomic mass is 9.81. The third kappa shape index (κ3) is 3.19. The second-order valence-electron chi connectivity index (χ2n) is 4.42. The van der Waals surface area contributed by atoms with Crippen LogP contribution in [0.4, 0.5) is 0 Å². The molecule has 1 fully saturated rings. The van der Waals surface area contributed by atoms with Crippen LogP contribution in [0.1, 0.15) is 33.1 Å². The molecular formula is C11H20O5S. The molecule has 0 amide bonds. The van der Waals surface area contributed by atoms with E-state index in [1.807, 2.05) is 0 Å². The van der Waals surface area contributed by atoms with Crippen molar-refractivity contribution in [3.63, 3.8) is 0 Å². The number of rotatable bonds is 4. The van der Waals surface area contributed by atoms with Gasteiger partial charge in [-0.05, 0) is 26.2 Å². The van der Waals surface area contributed by atoms with Gasteiger partial charge in [-0.2, -0.15) is 0 Å². The van der Waals surface area contributed by atoms with Crippen LogP contribution in [0.25, 0.3) is 0 Å². The summed E-state index contributed by atoms with van der Waals surface area (Å²) in [5.74, 6) is -0.874. The highest BCUT2D eigenvalue weighted by Crippen LogP contribution is 2.32. The minimum Gasteiger partial charge on any atom is -0.464 e. The van der Waals surface area contributed by atoms with Gasteiger partial charge >= 0.3 is 5.97 Å². The molecule has 1 unspecified atom stereocenters. The molecule has 0 bridgehead atoms. The van der Waals surface area contributed by atoms with Crippen LogP contribution >= 0.6 is 0 Å². The van der Waals surface area contributed by atoms with Crippen molar-refractivity contribution >= 4 is 15.8 Å². The normalized spacial score (nSPS) is 23.9. The molecule has 1 atom stereocenters. The lowest BCUT2D eigenvalue weighted by Gasteiger charge is -2.35. The number of sulfone groups is 1. The van der Waals surface area contributed by atoms with Crippen LogP contribution in [0.2, 0.25) is 0 Å². The summed E-state index contributed by atoms with van der Waals surface area (Å²) in [4.78, 5) is 11.7. The Balaban J connectivity index is 2.78. The third-order valence-electron chi connectivity index (χ3n) is 3.40. The van der Waals surface area contributed by atoms with Crippen molar-refractivity contribution in [2.45, 2.75) is 38.7 Å².